The van der Waals surface area contributed by atoms with E-state index in [1.54, 1.807) is 47.4 Å². The Balaban J connectivity index is 1.79. The fourth-order valence-corrected chi connectivity index (χ4v) is 3.41. The van der Waals surface area contributed by atoms with Crippen LogP contribution >= 0.6 is 0 Å². The fourth-order valence-electron chi connectivity index (χ4n) is 2.91. The molecule has 0 saturated carbocycles. The van der Waals surface area contributed by atoms with Crippen LogP contribution in [0.1, 0.15) is 23.2 Å². The molecule has 2 aromatic rings. The van der Waals surface area contributed by atoms with Crippen LogP contribution in [0.4, 0.5) is 17.1 Å². The maximum atomic E-state index is 12.6. The Morgan fingerprint density at radius 2 is 1.89 bits per heavy atom. The van der Waals surface area contributed by atoms with Crippen molar-refractivity contribution in [1.82, 2.24) is 0 Å². The molecule has 2 amide bonds. The predicted octanol–water partition coefficient (Wildman–Crippen LogP) is 2.46. The van der Waals surface area contributed by atoms with Gasteiger partial charge in [-0.2, -0.15) is 0 Å². The Morgan fingerprint density at radius 3 is 2.56 bits per heavy atom. The second-order valence-corrected chi connectivity index (χ2v) is 8.45. The number of rotatable bonds is 5. The molecule has 1 saturated heterocycles. The van der Waals surface area contributed by atoms with E-state index in [1.807, 2.05) is 6.07 Å². The minimum atomic E-state index is -3.39. The third kappa shape index (κ3) is 4.28. The Kier molecular flexibility index (Phi) is 5.18. The molecule has 27 heavy (non-hydrogen) atoms. The van der Waals surface area contributed by atoms with Crippen molar-refractivity contribution in [3.8, 4) is 0 Å². The molecule has 0 aliphatic carbocycles. The van der Waals surface area contributed by atoms with Crippen molar-refractivity contribution in [3.05, 3.63) is 54.1 Å². The highest BCUT2D eigenvalue weighted by atomic mass is 32.2. The second-order valence-electron chi connectivity index (χ2n) is 6.43. The smallest absolute Gasteiger partial charge is 0.255 e. The van der Waals surface area contributed by atoms with E-state index in [0.717, 1.165) is 17.0 Å². The van der Waals surface area contributed by atoms with Crippen molar-refractivity contribution in [2.75, 3.05) is 34.4 Å². The lowest BCUT2D eigenvalue weighted by molar-refractivity contribution is -0.117. The van der Waals surface area contributed by atoms with Gasteiger partial charge in [0.2, 0.25) is 15.9 Å². The van der Waals surface area contributed by atoms with Gasteiger partial charge in [0.15, 0.2) is 0 Å². The van der Waals surface area contributed by atoms with Gasteiger partial charge in [-0.1, -0.05) is 12.1 Å². The van der Waals surface area contributed by atoms with E-state index < -0.39 is 10.0 Å². The first-order valence-corrected chi connectivity index (χ1v) is 10.4. The van der Waals surface area contributed by atoms with E-state index >= 15 is 0 Å². The number of hydrogen-bond acceptors (Lipinski definition) is 4. The van der Waals surface area contributed by atoms with E-state index in [2.05, 4.69) is 5.32 Å². The SMILES string of the molecule is CN(c1cccc(NC(=O)c2cccc(N3CCCC3=O)c2)c1)S(C)(=O)=O. The van der Waals surface area contributed by atoms with Crippen molar-refractivity contribution >= 4 is 38.9 Å². The summed E-state index contributed by atoms with van der Waals surface area (Å²) < 4.78 is 24.5. The van der Waals surface area contributed by atoms with Gasteiger partial charge in [-0.15, -0.1) is 0 Å². The number of sulfonamides is 1. The van der Waals surface area contributed by atoms with Gasteiger partial charge < -0.3 is 10.2 Å². The van der Waals surface area contributed by atoms with Crippen LogP contribution in [-0.4, -0.2) is 40.1 Å². The summed E-state index contributed by atoms with van der Waals surface area (Å²) in [5, 5.41) is 2.77. The van der Waals surface area contributed by atoms with Crippen LogP contribution in [0.5, 0.6) is 0 Å². The molecule has 0 aromatic heterocycles. The number of benzene rings is 2. The van der Waals surface area contributed by atoms with Gasteiger partial charge in [0.1, 0.15) is 0 Å². The predicted molar refractivity (Wildman–Crippen MR) is 106 cm³/mol. The Morgan fingerprint density at radius 1 is 1.15 bits per heavy atom. The molecule has 1 aliphatic heterocycles. The highest BCUT2D eigenvalue weighted by Gasteiger charge is 2.22. The lowest BCUT2D eigenvalue weighted by atomic mass is 10.1. The van der Waals surface area contributed by atoms with E-state index in [1.165, 1.54) is 7.05 Å². The third-order valence-electron chi connectivity index (χ3n) is 4.46. The van der Waals surface area contributed by atoms with Gasteiger partial charge in [0, 0.05) is 37.0 Å². The zero-order valence-corrected chi connectivity index (χ0v) is 16.0. The average Bonchev–Trinajstić information content (AvgIpc) is 3.06. The zero-order valence-electron chi connectivity index (χ0n) is 15.2. The number of anilines is 3. The number of nitrogens with zero attached hydrogens (tertiary/aromatic N) is 2. The maximum Gasteiger partial charge on any atom is 0.255 e. The van der Waals surface area contributed by atoms with Crippen LogP contribution in [-0.2, 0) is 14.8 Å². The molecule has 3 rings (SSSR count). The second kappa shape index (κ2) is 7.40. The van der Waals surface area contributed by atoms with E-state index in [4.69, 9.17) is 0 Å². The van der Waals surface area contributed by atoms with Crippen LogP contribution in [0, 0.1) is 0 Å². The van der Waals surface area contributed by atoms with Crippen molar-refractivity contribution in [2.45, 2.75) is 12.8 Å². The minimum absolute atomic E-state index is 0.0593. The Labute approximate surface area is 158 Å². The molecule has 0 unspecified atom stereocenters. The first kappa shape index (κ1) is 18.9. The standard InChI is InChI=1S/C19H21N3O4S/c1-21(27(2,25)26)16-8-4-7-15(13-16)20-19(24)14-6-3-9-17(12-14)22-11-5-10-18(22)23/h3-4,6-9,12-13H,5,10-11H2,1-2H3,(H,20,24). The van der Waals surface area contributed by atoms with Gasteiger partial charge in [-0.3, -0.25) is 13.9 Å². The highest BCUT2D eigenvalue weighted by Crippen LogP contribution is 2.24. The van der Waals surface area contributed by atoms with E-state index in [-0.39, 0.29) is 11.8 Å². The molecule has 8 heteroatoms. The quantitative estimate of drug-likeness (QED) is 0.854. The molecule has 0 atom stereocenters. The van der Waals surface area contributed by atoms with Crippen molar-refractivity contribution in [1.29, 1.82) is 0 Å². The van der Waals surface area contributed by atoms with Gasteiger partial charge in [-0.05, 0) is 42.8 Å². The molecular weight excluding hydrogens is 366 g/mol. The number of carbonyl (C=O) groups excluding carboxylic acids is 2. The first-order chi connectivity index (χ1) is 12.8. The first-order valence-electron chi connectivity index (χ1n) is 8.51. The molecule has 142 valence electrons. The summed E-state index contributed by atoms with van der Waals surface area (Å²) in [7, 11) is -1.94. The fraction of sp³-hybridized carbons (Fsp3) is 0.263. The summed E-state index contributed by atoms with van der Waals surface area (Å²) >= 11 is 0. The largest absolute Gasteiger partial charge is 0.322 e. The molecule has 0 radical (unpaired) electrons. The van der Waals surface area contributed by atoms with Crippen molar-refractivity contribution < 1.29 is 18.0 Å². The molecule has 0 spiro atoms. The van der Waals surface area contributed by atoms with Crippen LogP contribution in [0.2, 0.25) is 0 Å². The van der Waals surface area contributed by atoms with Gasteiger partial charge in [-0.25, -0.2) is 8.42 Å². The molecule has 1 fully saturated rings. The lowest BCUT2D eigenvalue weighted by Crippen LogP contribution is -2.25. The summed E-state index contributed by atoms with van der Waals surface area (Å²) in [6.45, 7) is 0.657. The van der Waals surface area contributed by atoms with Gasteiger partial charge >= 0.3 is 0 Å². The van der Waals surface area contributed by atoms with Crippen molar-refractivity contribution in [3.63, 3.8) is 0 Å². The lowest BCUT2D eigenvalue weighted by Gasteiger charge is -2.18. The molecular formula is C19H21N3O4S. The van der Waals surface area contributed by atoms with Crippen molar-refractivity contribution in [2.24, 2.45) is 0 Å². The van der Waals surface area contributed by atoms with Gasteiger partial charge in [0.05, 0.1) is 11.9 Å². The molecule has 2 aromatic carbocycles. The molecule has 7 nitrogen and oxygen atoms in total. The summed E-state index contributed by atoms with van der Waals surface area (Å²) in [6, 6.07) is 13.5. The third-order valence-corrected chi connectivity index (χ3v) is 5.66. The Bertz CT molecular complexity index is 988. The Hall–Kier alpha value is -2.87. The number of nitrogens with one attached hydrogen (secondary N) is 1. The molecule has 1 N–H and O–H groups in total. The topological polar surface area (TPSA) is 86.8 Å². The molecule has 1 heterocycles. The van der Waals surface area contributed by atoms with Gasteiger partial charge in [0.25, 0.3) is 5.91 Å². The molecule has 1 aliphatic rings. The summed E-state index contributed by atoms with van der Waals surface area (Å²) in [6.07, 6.45) is 2.45. The average molecular weight is 387 g/mol. The summed E-state index contributed by atoms with van der Waals surface area (Å²) in [4.78, 5) is 26.2. The van der Waals surface area contributed by atoms with E-state index in [9.17, 15) is 18.0 Å². The van der Waals surface area contributed by atoms with E-state index in [0.29, 0.717) is 35.6 Å². The summed E-state index contributed by atoms with van der Waals surface area (Å²) in [5.74, 6) is -0.272. The highest BCUT2D eigenvalue weighted by molar-refractivity contribution is 7.92. The number of carbonyl (C=O) groups is 2. The normalized spacial score (nSPS) is 14.3. The summed E-state index contributed by atoms with van der Waals surface area (Å²) in [5.41, 5.74) is 2.06. The maximum absolute atomic E-state index is 12.6. The molecule has 0 bridgehead atoms. The zero-order chi connectivity index (χ0) is 19.6. The monoisotopic (exact) mass is 387 g/mol. The van der Waals surface area contributed by atoms with Crippen LogP contribution in [0.25, 0.3) is 0 Å². The number of hydrogen-bond donors (Lipinski definition) is 1. The minimum Gasteiger partial charge on any atom is -0.322 e. The van der Waals surface area contributed by atoms with Crippen LogP contribution < -0.4 is 14.5 Å². The van der Waals surface area contributed by atoms with Crippen LogP contribution in [0.15, 0.2) is 48.5 Å². The van der Waals surface area contributed by atoms with Crippen LogP contribution in [0.3, 0.4) is 0 Å². The number of amides is 2.